The molecule has 9 heteroatoms. The van der Waals surface area contributed by atoms with Crippen LogP contribution in [0.5, 0.6) is 0 Å². The van der Waals surface area contributed by atoms with Crippen molar-refractivity contribution in [1.29, 1.82) is 0 Å². The SMILES string of the molecule is CN=C(NCC(=O)NC(C)C)N1CCN(Cc2ccc(Cl)s2)CC1.I. The number of nitrogens with zero attached hydrogens (tertiary/aromatic N) is 3. The van der Waals surface area contributed by atoms with Crippen molar-refractivity contribution in [3.8, 4) is 0 Å². The minimum atomic E-state index is -0.0145. The summed E-state index contributed by atoms with van der Waals surface area (Å²) in [5.41, 5.74) is 0. The van der Waals surface area contributed by atoms with Gasteiger partial charge in [0.05, 0.1) is 10.9 Å². The number of hydrogen-bond donors (Lipinski definition) is 2. The number of thiophene rings is 1. The number of guanidine groups is 1. The fourth-order valence-corrected chi connectivity index (χ4v) is 3.77. The van der Waals surface area contributed by atoms with Crippen molar-refractivity contribution in [3.05, 3.63) is 21.3 Å². The molecule has 1 aromatic heterocycles. The summed E-state index contributed by atoms with van der Waals surface area (Å²) in [6.07, 6.45) is 0. The highest BCUT2D eigenvalue weighted by Gasteiger charge is 2.20. The molecule has 0 atom stereocenters. The minimum absolute atomic E-state index is 0. The van der Waals surface area contributed by atoms with E-state index in [1.165, 1.54) is 4.88 Å². The first-order chi connectivity index (χ1) is 11.5. The molecular weight excluding hydrogens is 473 g/mol. The maximum atomic E-state index is 11.7. The Morgan fingerprint density at radius 3 is 2.52 bits per heavy atom. The largest absolute Gasteiger partial charge is 0.352 e. The van der Waals surface area contributed by atoms with Crippen molar-refractivity contribution in [3.63, 3.8) is 0 Å². The van der Waals surface area contributed by atoms with Gasteiger partial charge in [0.2, 0.25) is 5.91 Å². The molecule has 142 valence electrons. The van der Waals surface area contributed by atoms with Crippen LogP contribution in [0.4, 0.5) is 0 Å². The molecule has 2 rings (SSSR count). The summed E-state index contributed by atoms with van der Waals surface area (Å²) in [4.78, 5) is 21.9. The summed E-state index contributed by atoms with van der Waals surface area (Å²) in [6.45, 7) is 8.81. The third-order valence-corrected chi connectivity index (χ3v) is 4.96. The van der Waals surface area contributed by atoms with Gasteiger partial charge >= 0.3 is 0 Å². The van der Waals surface area contributed by atoms with E-state index >= 15 is 0 Å². The second-order valence-electron chi connectivity index (χ2n) is 6.09. The lowest BCUT2D eigenvalue weighted by Crippen LogP contribution is -2.53. The summed E-state index contributed by atoms with van der Waals surface area (Å²) in [7, 11) is 1.75. The number of rotatable bonds is 5. The molecule has 1 aromatic rings. The van der Waals surface area contributed by atoms with Crippen LogP contribution in [0.2, 0.25) is 4.34 Å². The first kappa shape index (κ1) is 22.5. The topological polar surface area (TPSA) is 60.0 Å². The van der Waals surface area contributed by atoms with Crippen molar-refractivity contribution >= 4 is 58.8 Å². The Hall–Kier alpha value is -0.580. The van der Waals surface area contributed by atoms with Gasteiger partial charge in [-0.1, -0.05) is 11.6 Å². The summed E-state index contributed by atoms with van der Waals surface area (Å²) >= 11 is 7.63. The summed E-state index contributed by atoms with van der Waals surface area (Å²) in [5.74, 6) is 0.770. The van der Waals surface area contributed by atoms with Crippen LogP contribution in [-0.2, 0) is 11.3 Å². The molecule has 0 aromatic carbocycles. The second kappa shape index (κ2) is 11.2. The molecule has 0 unspecified atom stereocenters. The third kappa shape index (κ3) is 7.67. The molecular formula is C16H27ClIN5OS. The highest BCUT2D eigenvalue weighted by molar-refractivity contribution is 14.0. The Balaban J connectivity index is 0.00000312. The Kier molecular flexibility index (Phi) is 10.1. The molecule has 1 aliphatic heterocycles. The van der Waals surface area contributed by atoms with Gasteiger partial charge in [-0.05, 0) is 26.0 Å². The van der Waals surface area contributed by atoms with Crippen molar-refractivity contribution in [2.75, 3.05) is 39.8 Å². The van der Waals surface area contributed by atoms with Crippen molar-refractivity contribution in [2.45, 2.75) is 26.4 Å². The third-order valence-electron chi connectivity index (χ3n) is 3.75. The van der Waals surface area contributed by atoms with Gasteiger partial charge in [0.15, 0.2) is 5.96 Å². The van der Waals surface area contributed by atoms with Gasteiger partial charge < -0.3 is 15.5 Å². The number of carbonyl (C=O) groups excluding carboxylic acids is 1. The van der Waals surface area contributed by atoms with Crippen molar-refractivity contribution in [1.82, 2.24) is 20.4 Å². The van der Waals surface area contributed by atoms with E-state index in [1.807, 2.05) is 19.9 Å². The van der Waals surface area contributed by atoms with E-state index in [0.717, 1.165) is 43.0 Å². The van der Waals surface area contributed by atoms with E-state index in [1.54, 1.807) is 18.4 Å². The fraction of sp³-hybridized carbons (Fsp3) is 0.625. The number of amides is 1. The van der Waals surface area contributed by atoms with Gasteiger partial charge in [-0.25, -0.2) is 0 Å². The maximum absolute atomic E-state index is 11.7. The van der Waals surface area contributed by atoms with Crippen molar-refractivity contribution < 1.29 is 4.79 Å². The molecule has 0 bridgehead atoms. The normalized spacial score (nSPS) is 15.9. The summed E-state index contributed by atoms with van der Waals surface area (Å²) < 4.78 is 0.841. The van der Waals surface area contributed by atoms with E-state index in [9.17, 15) is 4.79 Å². The molecule has 1 saturated heterocycles. The first-order valence-electron chi connectivity index (χ1n) is 8.19. The molecule has 25 heavy (non-hydrogen) atoms. The lowest BCUT2D eigenvalue weighted by atomic mass is 10.3. The van der Waals surface area contributed by atoms with Crippen LogP contribution in [0.15, 0.2) is 17.1 Å². The highest BCUT2D eigenvalue weighted by atomic mass is 127. The lowest BCUT2D eigenvalue weighted by molar-refractivity contribution is -0.120. The van der Waals surface area contributed by atoms with Gasteiger partial charge in [0.25, 0.3) is 0 Å². The molecule has 1 aliphatic rings. The van der Waals surface area contributed by atoms with E-state index in [-0.39, 0.29) is 42.5 Å². The van der Waals surface area contributed by atoms with Gasteiger partial charge in [0, 0.05) is 50.7 Å². The van der Waals surface area contributed by atoms with Crippen LogP contribution >= 0.6 is 46.9 Å². The smallest absolute Gasteiger partial charge is 0.239 e. The van der Waals surface area contributed by atoms with Gasteiger partial charge in [-0.3, -0.25) is 14.7 Å². The second-order valence-corrected chi connectivity index (χ2v) is 7.89. The predicted molar refractivity (Wildman–Crippen MR) is 116 cm³/mol. The van der Waals surface area contributed by atoms with E-state index in [2.05, 4.69) is 31.5 Å². The summed E-state index contributed by atoms with van der Waals surface area (Å²) in [6, 6.07) is 4.19. The molecule has 0 radical (unpaired) electrons. The molecule has 0 spiro atoms. The number of piperazine rings is 1. The van der Waals surface area contributed by atoms with Crippen LogP contribution in [0.1, 0.15) is 18.7 Å². The van der Waals surface area contributed by atoms with Crippen LogP contribution < -0.4 is 10.6 Å². The molecule has 0 saturated carbocycles. The van der Waals surface area contributed by atoms with Crippen LogP contribution in [-0.4, -0.2) is 67.5 Å². The molecule has 2 N–H and O–H groups in total. The van der Waals surface area contributed by atoms with Crippen LogP contribution in [0, 0.1) is 0 Å². The van der Waals surface area contributed by atoms with Gasteiger partial charge in [-0.15, -0.1) is 35.3 Å². The van der Waals surface area contributed by atoms with Crippen LogP contribution in [0.3, 0.4) is 0 Å². The molecule has 2 heterocycles. The quantitative estimate of drug-likeness (QED) is 0.371. The summed E-state index contributed by atoms with van der Waals surface area (Å²) in [5, 5.41) is 6.01. The zero-order valence-corrected chi connectivity index (χ0v) is 18.8. The lowest BCUT2D eigenvalue weighted by Gasteiger charge is -2.36. The number of nitrogens with one attached hydrogen (secondary N) is 2. The minimum Gasteiger partial charge on any atom is -0.352 e. The monoisotopic (exact) mass is 499 g/mol. The van der Waals surface area contributed by atoms with Gasteiger partial charge in [-0.2, -0.15) is 0 Å². The van der Waals surface area contributed by atoms with Crippen LogP contribution in [0.25, 0.3) is 0 Å². The predicted octanol–water partition coefficient (Wildman–Crippen LogP) is 2.24. The first-order valence-corrected chi connectivity index (χ1v) is 9.39. The molecule has 0 aliphatic carbocycles. The Labute approximate surface area is 176 Å². The Morgan fingerprint density at radius 2 is 2.00 bits per heavy atom. The fourth-order valence-electron chi connectivity index (χ4n) is 2.64. The van der Waals surface area contributed by atoms with E-state index < -0.39 is 0 Å². The van der Waals surface area contributed by atoms with E-state index in [0.29, 0.717) is 0 Å². The molecule has 6 nitrogen and oxygen atoms in total. The molecule has 1 amide bonds. The number of halogens is 2. The zero-order valence-electron chi connectivity index (χ0n) is 14.9. The van der Waals surface area contributed by atoms with Gasteiger partial charge in [0.1, 0.15) is 0 Å². The highest BCUT2D eigenvalue weighted by Crippen LogP contribution is 2.23. The van der Waals surface area contributed by atoms with E-state index in [4.69, 9.17) is 11.6 Å². The van der Waals surface area contributed by atoms with Crippen molar-refractivity contribution in [2.24, 2.45) is 4.99 Å². The average molecular weight is 500 g/mol. The number of carbonyl (C=O) groups is 1. The maximum Gasteiger partial charge on any atom is 0.239 e. The Morgan fingerprint density at radius 1 is 1.32 bits per heavy atom. The average Bonchev–Trinajstić information content (AvgIpc) is 2.94. The zero-order chi connectivity index (χ0) is 17.5. The number of hydrogen-bond acceptors (Lipinski definition) is 4. The standard InChI is InChI=1S/C16H26ClN5OS.HI/c1-12(2)20-15(23)10-19-16(18-3)22-8-6-21(7-9-22)11-13-4-5-14(17)24-13;/h4-5,12H,6-11H2,1-3H3,(H,18,19)(H,20,23);1H. The Bertz CT molecular complexity index is 573. The number of aliphatic imine (C=N–C) groups is 1. The molecule has 1 fully saturated rings.